The molecule has 1 aromatic carbocycles. The van der Waals surface area contributed by atoms with E-state index in [-0.39, 0.29) is 30.7 Å². The average Bonchev–Trinajstić information content (AvgIpc) is 2.47. The molecule has 0 aromatic heterocycles. The maximum Gasteiger partial charge on any atom is 0.225 e. The van der Waals surface area contributed by atoms with Gasteiger partial charge in [0.2, 0.25) is 15.9 Å². The normalized spacial score (nSPS) is 17.9. The van der Waals surface area contributed by atoms with E-state index in [9.17, 15) is 13.2 Å². The monoisotopic (exact) mass is 340 g/mol. The molecule has 0 aliphatic carbocycles. The van der Waals surface area contributed by atoms with E-state index in [1.165, 1.54) is 4.31 Å². The van der Waals surface area contributed by atoms with Gasteiger partial charge in [-0.2, -0.15) is 0 Å². The van der Waals surface area contributed by atoms with Crippen molar-refractivity contribution < 1.29 is 17.9 Å². The highest BCUT2D eigenvalue weighted by atomic mass is 32.2. The Kier molecular flexibility index (Phi) is 6.01. The number of para-hydroxylation sites is 2. The molecule has 6 nitrogen and oxygen atoms in total. The highest BCUT2D eigenvalue weighted by Crippen LogP contribution is 2.25. The first-order valence-electron chi connectivity index (χ1n) is 7.92. The zero-order valence-electron chi connectivity index (χ0n) is 13.6. The fourth-order valence-corrected chi connectivity index (χ4v) is 4.06. The van der Waals surface area contributed by atoms with E-state index in [4.69, 9.17) is 4.74 Å². The Hall–Kier alpha value is -1.60. The van der Waals surface area contributed by atoms with Gasteiger partial charge in [0.25, 0.3) is 0 Å². The van der Waals surface area contributed by atoms with Gasteiger partial charge in [-0.1, -0.05) is 12.1 Å². The number of carbonyl (C=O) groups excluding carboxylic acids is 1. The van der Waals surface area contributed by atoms with Crippen molar-refractivity contribution in [3.8, 4) is 5.75 Å². The van der Waals surface area contributed by atoms with Gasteiger partial charge >= 0.3 is 0 Å². The first-order chi connectivity index (χ1) is 10.9. The summed E-state index contributed by atoms with van der Waals surface area (Å²) in [5, 5.41) is 2.80. The summed E-state index contributed by atoms with van der Waals surface area (Å²) in [6.45, 7) is 4.56. The van der Waals surface area contributed by atoms with Crippen LogP contribution in [0.2, 0.25) is 0 Å². The quantitative estimate of drug-likeness (QED) is 0.861. The summed E-state index contributed by atoms with van der Waals surface area (Å²) >= 11 is 0. The fourth-order valence-electron chi connectivity index (χ4n) is 2.46. The lowest BCUT2D eigenvalue weighted by molar-refractivity contribution is -0.116. The number of anilines is 1. The molecule has 23 heavy (non-hydrogen) atoms. The first-order valence-corrected chi connectivity index (χ1v) is 9.53. The zero-order chi connectivity index (χ0) is 16.9. The molecule has 1 N–H and O–H groups in total. The molecule has 1 saturated heterocycles. The summed E-state index contributed by atoms with van der Waals surface area (Å²) in [5.74, 6) is 0.576. The molecule has 0 atom stereocenters. The highest BCUT2D eigenvalue weighted by molar-refractivity contribution is 7.89. The summed E-state index contributed by atoms with van der Waals surface area (Å²) in [7, 11) is -3.19. The number of hydrogen-bond acceptors (Lipinski definition) is 4. The van der Waals surface area contributed by atoms with Crippen molar-refractivity contribution in [2.75, 3.05) is 24.2 Å². The number of rotatable bonds is 6. The number of ether oxygens (including phenoxy) is 1. The van der Waals surface area contributed by atoms with E-state index in [1.54, 1.807) is 12.1 Å². The lowest BCUT2D eigenvalue weighted by Gasteiger charge is -2.25. The molecule has 1 aromatic rings. The maximum atomic E-state index is 12.1. The van der Waals surface area contributed by atoms with Crippen LogP contribution >= 0.6 is 0 Å². The van der Waals surface area contributed by atoms with Gasteiger partial charge in [0.05, 0.1) is 17.5 Å². The number of carbonyl (C=O) groups is 1. The van der Waals surface area contributed by atoms with Crippen molar-refractivity contribution in [2.24, 2.45) is 0 Å². The maximum absolute atomic E-state index is 12.1. The van der Waals surface area contributed by atoms with Crippen molar-refractivity contribution in [3.05, 3.63) is 24.3 Å². The van der Waals surface area contributed by atoms with Gasteiger partial charge in [-0.25, -0.2) is 12.7 Å². The molecule has 7 heteroatoms. The van der Waals surface area contributed by atoms with Crippen molar-refractivity contribution in [3.63, 3.8) is 0 Å². The lowest BCUT2D eigenvalue weighted by atomic mass is 10.2. The van der Waals surface area contributed by atoms with E-state index in [2.05, 4.69) is 5.32 Å². The van der Waals surface area contributed by atoms with Gasteiger partial charge in [-0.3, -0.25) is 4.79 Å². The minimum Gasteiger partial charge on any atom is -0.489 e. The average molecular weight is 340 g/mol. The largest absolute Gasteiger partial charge is 0.489 e. The predicted molar refractivity (Wildman–Crippen MR) is 90.0 cm³/mol. The number of nitrogens with zero attached hydrogens (tertiary/aromatic N) is 1. The molecule has 1 aliphatic rings. The molecule has 0 unspecified atom stereocenters. The summed E-state index contributed by atoms with van der Waals surface area (Å²) in [5.41, 5.74) is 0.604. The number of nitrogens with one attached hydrogen (secondary N) is 1. The van der Waals surface area contributed by atoms with Gasteiger partial charge in [0.1, 0.15) is 5.75 Å². The molecule has 0 bridgehead atoms. The van der Waals surface area contributed by atoms with Crippen molar-refractivity contribution >= 4 is 21.6 Å². The third-order valence-corrected chi connectivity index (χ3v) is 5.52. The van der Waals surface area contributed by atoms with E-state index >= 15 is 0 Å². The minimum atomic E-state index is -3.19. The first kappa shape index (κ1) is 17.7. The van der Waals surface area contributed by atoms with E-state index in [0.29, 0.717) is 24.4 Å². The second-order valence-corrected chi connectivity index (χ2v) is 7.97. The second-order valence-electron chi connectivity index (χ2n) is 5.88. The van der Waals surface area contributed by atoms with Gasteiger partial charge in [0.15, 0.2) is 0 Å². The molecular formula is C16H24N2O4S. The van der Waals surface area contributed by atoms with Gasteiger partial charge in [0, 0.05) is 19.5 Å². The molecule has 2 rings (SSSR count). The Morgan fingerprint density at radius 2 is 2.04 bits per heavy atom. The topological polar surface area (TPSA) is 75.7 Å². The molecule has 0 spiro atoms. The van der Waals surface area contributed by atoms with E-state index in [1.807, 2.05) is 26.0 Å². The van der Waals surface area contributed by atoms with Crippen LogP contribution in [0.5, 0.6) is 5.75 Å². The molecule has 0 saturated carbocycles. The molecular weight excluding hydrogens is 316 g/mol. The van der Waals surface area contributed by atoms with Gasteiger partial charge < -0.3 is 10.1 Å². The number of benzene rings is 1. The summed E-state index contributed by atoms with van der Waals surface area (Å²) in [6, 6.07) is 7.23. The van der Waals surface area contributed by atoms with Crippen LogP contribution in [0, 0.1) is 0 Å². The molecule has 1 amide bonds. The Morgan fingerprint density at radius 1 is 1.30 bits per heavy atom. The smallest absolute Gasteiger partial charge is 0.225 e. The van der Waals surface area contributed by atoms with Crippen LogP contribution < -0.4 is 10.1 Å². The SMILES string of the molecule is CC(C)Oc1ccccc1NC(=O)CCN1CCCCS1(=O)=O. The molecule has 128 valence electrons. The van der Waals surface area contributed by atoms with E-state index < -0.39 is 10.0 Å². The van der Waals surface area contributed by atoms with Crippen LogP contribution in [0.4, 0.5) is 5.69 Å². The van der Waals surface area contributed by atoms with Crippen molar-refractivity contribution in [1.29, 1.82) is 0 Å². The highest BCUT2D eigenvalue weighted by Gasteiger charge is 2.25. The third-order valence-electron chi connectivity index (χ3n) is 3.57. The Bertz CT molecular complexity index is 643. The lowest BCUT2D eigenvalue weighted by Crippen LogP contribution is -2.39. The Balaban J connectivity index is 1.92. The molecule has 1 heterocycles. The number of sulfonamides is 1. The van der Waals surface area contributed by atoms with E-state index in [0.717, 1.165) is 6.42 Å². The van der Waals surface area contributed by atoms with Crippen LogP contribution in [-0.4, -0.2) is 43.6 Å². The van der Waals surface area contributed by atoms with Gasteiger partial charge in [-0.05, 0) is 38.8 Å². The van der Waals surface area contributed by atoms with Crippen LogP contribution in [0.25, 0.3) is 0 Å². The second kappa shape index (κ2) is 7.79. The summed E-state index contributed by atoms with van der Waals surface area (Å²) in [6.07, 6.45) is 1.69. The zero-order valence-corrected chi connectivity index (χ0v) is 14.4. The summed E-state index contributed by atoms with van der Waals surface area (Å²) < 4.78 is 30.9. The third kappa shape index (κ3) is 5.21. The number of amides is 1. The van der Waals surface area contributed by atoms with Crippen molar-refractivity contribution in [2.45, 2.75) is 39.2 Å². The molecule has 1 aliphatic heterocycles. The van der Waals surface area contributed by atoms with Crippen LogP contribution in [-0.2, 0) is 14.8 Å². The minimum absolute atomic E-state index is 0.00606. The van der Waals surface area contributed by atoms with Crippen LogP contribution in [0.1, 0.15) is 33.1 Å². The molecule has 0 radical (unpaired) electrons. The van der Waals surface area contributed by atoms with Crippen molar-refractivity contribution in [1.82, 2.24) is 4.31 Å². The number of hydrogen-bond donors (Lipinski definition) is 1. The predicted octanol–water partition coefficient (Wildman–Crippen LogP) is 2.23. The Morgan fingerprint density at radius 3 is 2.74 bits per heavy atom. The summed E-state index contributed by atoms with van der Waals surface area (Å²) in [4.78, 5) is 12.1. The van der Waals surface area contributed by atoms with Crippen LogP contribution in [0.3, 0.4) is 0 Å². The fraction of sp³-hybridized carbons (Fsp3) is 0.562. The Labute approximate surface area is 137 Å². The standard InChI is InChI=1S/C16H24N2O4S/c1-13(2)22-15-8-4-3-7-14(15)17-16(19)9-11-18-10-5-6-12-23(18,20)21/h3-4,7-8,13H,5-6,9-12H2,1-2H3,(H,17,19). The molecule has 1 fully saturated rings. The van der Waals surface area contributed by atoms with Gasteiger partial charge in [-0.15, -0.1) is 0 Å². The van der Waals surface area contributed by atoms with Crippen LogP contribution in [0.15, 0.2) is 24.3 Å².